The zero-order valence-electron chi connectivity index (χ0n) is 13.5. The largest absolute Gasteiger partial charge is 0.293 e. The fraction of sp³-hybridized carbons (Fsp3) is 0.200. The molecule has 0 N–H and O–H groups in total. The summed E-state index contributed by atoms with van der Waals surface area (Å²) in [7, 11) is 0. The van der Waals surface area contributed by atoms with Gasteiger partial charge in [-0.3, -0.25) is 4.79 Å². The molecule has 3 aromatic rings. The van der Waals surface area contributed by atoms with Gasteiger partial charge in [0.1, 0.15) is 0 Å². The lowest BCUT2D eigenvalue weighted by Crippen LogP contribution is -2.16. The third kappa shape index (κ3) is 4.13. The molecule has 0 spiro atoms. The molecular formula is C20H19NOS2. The number of aromatic nitrogens is 1. The number of allylic oxidation sites excluding steroid dienone is 2. The summed E-state index contributed by atoms with van der Waals surface area (Å²) in [6.45, 7) is 2.10. The first-order valence-electron chi connectivity index (χ1n) is 8.04. The molecule has 0 radical (unpaired) electrons. The van der Waals surface area contributed by atoms with E-state index in [1.165, 1.54) is 0 Å². The average Bonchev–Trinajstić information content (AvgIpc) is 3.03. The van der Waals surface area contributed by atoms with Crippen LogP contribution in [0.5, 0.6) is 0 Å². The van der Waals surface area contributed by atoms with Crippen LogP contribution in [0, 0.1) is 0 Å². The number of nitrogens with zero attached hydrogens (tertiary/aromatic N) is 1. The lowest BCUT2D eigenvalue weighted by molar-refractivity contribution is 0.0990. The molecule has 1 aromatic heterocycles. The number of carbonyl (C=O) groups excluding carboxylic acids is 1. The van der Waals surface area contributed by atoms with Gasteiger partial charge in [0, 0.05) is 5.56 Å². The van der Waals surface area contributed by atoms with E-state index in [1.54, 1.807) is 23.1 Å². The summed E-state index contributed by atoms with van der Waals surface area (Å²) in [4.78, 5) is 17.5. The third-order valence-electron chi connectivity index (χ3n) is 3.62. The van der Waals surface area contributed by atoms with Crippen molar-refractivity contribution in [3.05, 3.63) is 72.3 Å². The Morgan fingerprint density at radius 1 is 1.12 bits per heavy atom. The number of para-hydroxylation sites is 1. The van der Waals surface area contributed by atoms with Gasteiger partial charge in [-0.2, -0.15) is 0 Å². The van der Waals surface area contributed by atoms with E-state index in [4.69, 9.17) is 0 Å². The minimum atomic E-state index is -0.143. The van der Waals surface area contributed by atoms with Crippen molar-refractivity contribution in [1.82, 2.24) is 4.98 Å². The first kappa shape index (κ1) is 16.9. The monoisotopic (exact) mass is 353 g/mol. The minimum absolute atomic E-state index is 0.143. The van der Waals surface area contributed by atoms with Gasteiger partial charge in [0.25, 0.3) is 0 Å². The number of carbonyl (C=O) groups is 1. The van der Waals surface area contributed by atoms with E-state index in [0.717, 1.165) is 33.0 Å². The Labute approximate surface area is 150 Å². The molecule has 0 fully saturated rings. The molecular weight excluding hydrogens is 334 g/mol. The van der Waals surface area contributed by atoms with Crippen molar-refractivity contribution in [3.8, 4) is 0 Å². The Bertz CT molecular complexity index is 806. The highest BCUT2D eigenvalue weighted by Crippen LogP contribution is 2.34. The fourth-order valence-corrected chi connectivity index (χ4v) is 4.76. The molecule has 0 aliphatic rings. The van der Waals surface area contributed by atoms with E-state index in [0.29, 0.717) is 0 Å². The van der Waals surface area contributed by atoms with Crippen molar-refractivity contribution < 1.29 is 4.79 Å². The number of thiazole rings is 1. The van der Waals surface area contributed by atoms with Crippen LogP contribution >= 0.6 is 23.1 Å². The number of benzene rings is 2. The molecule has 1 unspecified atom stereocenters. The van der Waals surface area contributed by atoms with Crippen molar-refractivity contribution >= 4 is 39.1 Å². The van der Waals surface area contributed by atoms with Crippen LogP contribution < -0.4 is 0 Å². The van der Waals surface area contributed by atoms with E-state index in [1.807, 2.05) is 48.5 Å². The molecule has 1 atom stereocenters. The van der Waals surface area contributed by atoms with Gasteiger partial charge in [-0.1, -0.05) is 73.3 Å². The van der Waals surface area contributed by atoms with Gasteiger partial charge in [-0.25, -0.2) is 4.98 Å². The van der Waals surface area contributed by atoms with Gasteiger partial charge in [0.2, 0.25) is 0 Å². The van der Waals surface area contributed by atoms with Crippen LogP contribution in [0.3, 0.4) is 0 Å². The van der Waals surface area contributed by atoms with Crippen LogP contribution in [0.15, 0.2) is 71.1 Å². The first-order valence-corrected chi connectivity index (χ1v) is 9.74. The Kier molecular flexibility index (Phi) is 5.83. The molecule has 0 aliphatic carbocycles. The normalized spacial score (nSPS) is 12.7. The molecule has 4 heteroatoms. The molecule has 0 amide bonds. The lowest BCUT2D eigenvalue weighted by Gasteiger charge is -2.12. The number of ketones is 1. The maximum Gasteiger partial charge on any atom is 0.176 e. The third-order valence-corrected chi connectivity index (χ3v) is 5.97. The first-order chi connectivity index (χ1) is 11.8. The quantitative estimate of drug-likeness (QED) is 0.296. The molecule has 0 saturated carbocycles. The SMILES string of the molecule is CC/C=C/CC(Sc1nc2ccccc2s1)C(=O)c1ccccc1. The van der Waals surface area contributed by atoms with Crippen LogP contribution in [-0.4, -0.2) is 16.0 Å². The summed E-state index contributed by atoms with van der Waals surface area (Å²) in [6.07, 6.45) is 5.93. The summed E-state index contributed by atoms with van der Waals surface area (Å²) in [6, 6.07) is 17.6. The zero-order chi connectivity index (χ0) is 16.8. The second-order valence-corrected chi connectivity index (χ2v) is 7.88. The zero-order valence-corrected chi connectivity index (χ0v) is 15.1. The minimum Gasteiger partial charge on any atom is -0.293 e. The van der Waals surface area contributed by atoms with Gasteiger partial charge < -0.3 is 0 Å². The molecule has 0 aliphatic heterocycles. The van der Waals surface area contributed by atoms with Gasteiger partial charge in [0.15, 0.2) is 10.1 Å². The van der Waals surface area contributed by atoms with Crippen LogP contribution in [0.4, 0.5) is 0 Å². The molecule has 122 valence electrons. The van der Waals surface area contributed by atoms with Gasteiger partial charge in [-0.15, -0.1) is 11.3 Å². The molecule has 2 nitrogen and oxygen atoms in total. The molecule has 1 heterocycles. The van der Waals surface area contributed by atoms with Crippen LogP contribution in [0.1, 0.15) is 30.1 Å². The number of rotatable bonds is 7. The van der Waals surface area contributed by atoms with Crippen molar-refractivity contribution in [2.75, 3.05) is 0 Å². The molecule has 0 bridgehead atoms. The van der Waals surface area contributed by atoms with E-state index >= 15 is 0 Å². The number of Topliss-reactive ketones (excluding diaryl/α,β-unsaturated/α-hetero) is 1. The van der Waals surface area contributed by atoms with Crippen molar-refractivity contribution in [2.45, 2.75) is 29.4 Å². The van der Waals surface area contributed by atoms with Crippen LogP contribution in [0.25, 0.3) is 10.2 Å². The average molecular weight is 354 g/mol. The smallest absolute Gasteiger partial charge is 0.176 e. The van der Waals surface area contributed by atoms with Gasteiger partial charge in [0.05, 0.1) is 15.5 Å². The van der Waals surface area contributed by atoms with Crippen molar-refractivity contribution in [2.24, 2.45) is 0 Å². The summed E-state index contributed by atoms with van der Waals surface area (Å²) in [5.41, 5.74) is 1.76. The van der Waals surface area contributed by atoms with E-state index in [-0.39, 0.29) is 11.0 Å². The van der Waals surface area contributed by atoms with Crippen LogP contribution in [-0.2, 0) is 0 Å². The highest BCUT2D eigenvalue weighted by atomic mass is 32.2. The van der Waals surface area contributed by atoms with Gasteiger partial charge >= 0.3 is 0 Å². The summed E-state index contributed by atoms with van der Waals surface area (Å²) < 4.78 is 2.12. The Balaban J connectivity index is 1.83. The molecule has 3 rings (SSSR count). The highest BCUT2D eigenvalue weighted by Gasteiger charge is 2.21. The fourth-order valence-electron chi connectivity index (χ4n) is 2.41. The summed E-state index contributed by atoms with van der Waals surface area (Å²) >= 11 is 3.23. The lowest BCUT2D eigenvalue weighted by atomic mass is 10.1. The predicted octanol–water partition coefficient (Wildman–Crippen LogP) is 6.00. The summed E-state index contributed by atoms with van der Waals surface area (Å²) in [5.74, 6) is 0.167. The standard InChI is InChI=1S/C20H19NOS2/c1-2-3-5-14-18(19(22)15-10-6-4-7-11-15)24-20-21-16-12-8-9-13-17(16)23-20/h3-13,18H,2,14H2,1H3/b5-3+. The maximum absolute atomic E-state index is 12.9. The second-order valence-electron chi connectivity index (χ2n) is 5.40. The highest BCUT2D eigenvalue weighted by molar-refractivity contribution is 8.02. The second kappa shape index (κ2) is 8.27. The van der Waals surface area contributed by atoms with E-state index in [9.17, 15) is 4.79 Å². The Morgan fingerprint density at radius 3 is 2.62 bits per heavy atom. The number of hydrogen-bond donors (Lipinski definition) is 0. The van der Waals surface area contributed by atoms with Crippen LogP contribution in [0.2, 0.25) is 0 Å². The van der Waals surface area contributed by atoms with Crippen molar-refractivity contribution in [3.63, 3.8) is 0 Å². The molecule has 24 heavy (non-hydrogen) atoms. The molecule has 0 saturated heterocycles. The topological polar surface area (TPSA) is 30.0 Å². The maximum atomic E-state index is 12.9. The van der Waals surface area contributed by atoms with E-state index in [2.05, 4.69) is 30.1 Å². The number of thioether (sulfide) groups is 1. The van der Waals surface area contributed by atoms with Crippen molar-refractivity contribution in [1.29, 1.82) is 0 Å². The Morgan fingerprint density at radius 2 is 1.88 bits per heavy atom. The van der Waals surface area contributed by atoms with E-state index < -0.39 is 0 Å². The number of fused-ring (bicyclic) bond motifs is 1. The molecule has 2 aromatic carbocycles. The van der Waals surface area contributed by atoms with Gasteiger partial charge in [-0.05, 0) is 25.0 Å². The Hall–Kier alpha value is -1.91. The number of hydrogen-bond acceptors (Lipinski definition) is 4. The predicted molar refractivity (Wildman–Crippen MR) is 104 cm³/mol. The summed E-state index contributed by atoms with van der Waals surface area (Å²) in [5, 5.41) is -0.143.